The van der Waals surface area contributed by atoms with Crippen LogP contribution in [0.2, 0.25) is 5.02 Å². The highest BCUT2D eigenvalue weighted by Crippen LogP contribution is 2.29. The van der Waals surface area contributed by atoms with Crippen LogP contribution in [0.5, 0.6) is 0 Å². The summed E-state index contributed by atoms with van der Waals surface area (Å²) in [6.07, 6.45) is 1.74. The molecule has 1 aromatic carbocycles. The van der Waals surface area contributed by atoms with Gasteiger partial charge in [-0.15, -0.1) is 0 Å². The van der Waals surface area contributed by atoms with Crippen LogP contribution in [0.4, 0.5) is 4.39 Å². The largest absolute Gasteiger partial charge is 0.292 e. The van der Waals surface area contributed by atoms with E-state index in [0.29, 0.717) is 16.2 Å². The Labute approximate surface area is 158 Å². The van der Waals surface area contributed by atoms with Gasteiger partial charge < -0.3 is 0 Å². The van der Waals surface area contributed by atoms with E-state index in [9.17, 15) is 9.18 Å². The van der Waals surface area contributed by atoms with Gasteiger partial charge in [0.2, 0.25) is 0 Å². The van der Waals surface area contributed by atoms with E-state index >= 15 is 0 Å². The normalized spacial score (nSPS) is 12.3. The molecule has 0 aliphatic carbocycles. The molecule has 3 nitrogen and oxygen atoms in total. The van der Waals surface area contributed by atoms with Crippen LogP contribution < -0.4 is 0 Å². The van der Waals surface area contributed by atoms with Crippen molar-refractivity contribution >= 4 is 66.9 Å². The fraction of sp³-hybridized carbons (Fsp3) is 0.0625. The lowest BCUT2D eigenvalue weighted by Crippen LogP contribution is -2.11. The van der Waals surface area contributed by atoms with E-state index in [1.807, 2.05) is 6.07 Å². The molecule has 7 heteroatoms. The van der Waals surface area contributed by atoms with Gasteiger partial charge in [0.05, 0.1) is 22.3 Å². The van der Waals surface area contributed by atoms with Crippen molar-refractivity contribution in [3.8, 4) is 0 Å². The van der Waals surface area contributed by atoms with E-state index in [1.165, 1.54) is 18.2 Å². The van der Waals surface area contributed by atoms with Crippen molar-refractivity contribution in [2.75, 3.05) is 0 Å². The van der Waals surface area contributed by atoms with Crippen LogP contribution in [0.25, 0.3) is 11.0 Å². The maximum Gasteiger partial charge on any atom is 0.185 e. The Bertz CT molecular complexity index is 922. The van der Waals surface area contributed by atoms with Crippen molar-refractivity contribution in [3.05, 3.63) is 68.3 Å². The van der Waals surface area contributed by atoms with Gasteiger partial charge in [-0.25, -0.2) is 9.37 Å². The first-order valence-corrected chi connectivity index (χ1v) is 8.88. The first-order valence-electron chi connectivity index (χ1n) is 6.51. The molecule has 0 saturated heterocycles. The van der Waals surface area contributed by atoms with Gasteiger partial charge in [-0.1, -0.05) is 27.5 Å². The third kappa shape index (κ3) is 3.54. The molecule has 116 valence electrons. The number of halogens is 4. The van der Waals surface area contributed by atoms with Crippen LogP contribution in [-0.2, 0) is 0 Å². The van der Waals surface area contributed by atoms with E-state index in [2.05, 4.69) is 48.5 Å². The number of carbonyl (C=O) groups excluding carboxylic acids is 1. The molecule has 0 bridgehead atoms. The molecule has 0 fully saturated rings. The van der Waals surface area contributed by atoms with Crippen molar-refractivity contribution < 1.29 is 9.18 Å². The summed E-state index contributed by atoms with van der Waals surface area (Å²) in [5, 5.41) is 0.305. The van der Waals surface area contributed by atoms with Gasteiger partial charge >= 0.3 is 0 Å². The molecule has 1 unspecified atom stereocenters. The molecule has 0 amide bonds. The Kier molecular flexibility index (Phi) is 4.93. The molecule has 0 aliphatic heterocycles. The standard InChI is InChI=1S/C16H8BrClFIN2O/c17-15(16(23)10-5-8(18)1-2-11(10)19)13-4-3-12-14(22-13)6-9(20)7-21-12/h1-7,15H. The average Bonchev–Trinajstić information content (AvgIpc) is 2.55. The summed E-state index contributed by atoms with van der Waals surface area (Å²) in [4.78, 5) is 20.5. The van der Waals surface area contributed by atoms with Crippen molar-refractivity contribution in [2.45, 2.75) is 4.83 Å². The fourth-order valence-electron chi connectivity index (χ4n) is 2.10. The number of nitrogens with zero attached hydrogens (tertiary/aromatic N) is 2. The molecule has 0 saturated carbocycles. The van der Waals surface area contributed by atoms with Crippen molar-refractivity contribution in [2.24, 2.45) is 0 Å². The van der Waals surface area contributed by atoms with Gasteiger partial charge in [0, 0.05) is 14.8 Å². The average molecular weight is 506 g/mol. The lowest BCUT2D eigenvalue weighted by molar-refractivity contribution is 0.0986. The van der Waals surface area contributed by atoms with Crippen LogP contribution in [0, 0.1) is 9.39 Å². The molecule has 23 heavy (non-hydrogen) atoms. The number of fused-ring (bicyclic) bond motifs is 1. The highest BCUT2D eigenvalue weighted by Gasteiger charge is 2.23. The highest BCUT2D eigenvalue weighted by atomic mass is 127. The molecular weight excluding hydrogens is 497 g/mol. The molecule has 0 spiro atoms. The smallest absolute Gasteiger partial charge is 0.185 e. The third-order valence-electron chi connectivity index (χ3n) is 3.21. The summed E-state index contributed by atoms with van der Waals surface area (Å²) in [6.45, 7) is 0. The lowest BCUT2D eigenvalue weighted by Gasteiger charge is -2.10. The Morgan fingerprint density at radius 3 is 2.78 bits per heavy atom. The molecule has 1 atom stereocenters. The topological polar surface area (TPSA) is 42.9 Å². The maximum atomic E-state index is 13.9. The number of carbonyl (C=O) groups is 1. The van der Waals surface area contributed by atoms with Gasteiger partial charge in [-0.2, -0.15) is 0 Å². The van der Waals surface area contributed by atoms with E-state index < -0.39 is 16.4 Å². The SMILES string of the molecule is O=C(c1cc(Cl)ccc1F)C(Br)c1ccc2ncc(I)cc2n1. The highest BCUT2D eigenvalue weighted by molar-refractivity contribution is 14.1. The number of aromatic nitrogens is 2. The second-order valence-electron chi connectivity index (χ2n) is 4.78. The molecular formula is C16H8BrClFIN2O. The number of hydrogen-bond donors (Lipinski definition) is 0. The summed E-state index contributed by atoms with van der Waals surface area (Å²) in [7, 11) is 0. The molecule has 0 radical (unpaired) electrons. The monoisotopic (exact) mass is 504 g/mol. The van der Waals surface area contributed by atoms with E-state index in [1.54, 1.807) is 18.3 Å². The van der Waals surface area contributed by atoms with Crippen molar-refractivity contribution in [3.63, 3.8) is 0 Å². The zero-order valence-corrected chi connectivity index (χ0v) is 15.9. The number of alkyl halides is 1. The molecule has 2 heterocycles. The minimum Gasteiger partial charge on any atom is -0.292 e. The van der Waals surface area contributed by atoms with Gasteiger partial charge in [-0.3, -0.25) is 9.78 Å². The van der Waals surface area contributed by atoms with Crippen LogP contribution >= 0.6 is 50.1 Å². The second-order valence-corrected chi connectivity index (χ2v) is 7.38. The second kappa shape index (κ2) is 6.78. The lowest BCUT2D eigenvalue weighted by atomic mass is 10.1. The van der Waals surface area contributed by atoms with E-state index in [0.717, 1.165) is 9.09 Å². The van der Waals surface area contributed by atoms with Gasteiger partial charge in [-0.05, 0) is 59.0 Å². The minimum absolute atomic E-state index is 0.0676. The molecule has 3 aromatic rings. The molecule has 3 rings (SSSR count). The predicted octanol–water partition coefficient (Wildman–Crippen LogP) is 5.35. The van der Waals surface area contributed by atoms with Crippen LogP contribution in [0.3, 0.4) is 0 Å². The maximum absolute atomic E-state index is 13.9. The quantitative estimate of drug-likeness (QED) is 0.274. The third-order valence-corrected chi connectivity index (χ3v) is 4.92. The molecule has 2 aromatic heterocycles. The van der Waals surface area contributed by atoms with Gasteiger partial charge in [0.25, 0.3) is 0 Å². The predicted molar refractivity (Wildman–Crippen MR) is 99.7 cm³/mol. The summed E-state index contributed by atoms with van der Waals surface area (Å²) >= 11 is 11.3. The molecule has 0 aliphatic rings. The number of rotatable bonds is 3. The van der Waals surface area contributed by atoms with Gasteiger partial charge in [0.1, 0.15) is 10.6 Å². The number of hydrogen-bond acceptors (Lipinski definition) is 3. The van der Waals surface area contributed by atoms with Crippen LogP contribution in [0.15, 0.2) is 42.6 Å². The van der Waals surface area contributed by atoms with E-state index in [4.69, 9.17) is 11.6 Å². The number of benzene rings is 1. The molecule has 0 N–H and O–H groups in total. The summed E-state index contributed by atoms with van der Waals surface area (Å²) in [5.74, 6) is -1.05. The minimum atomic E-state index is -0.766. The number of Topliss-reactive ketones (excluding diaryl/α,β-unsaturated/α-hetero) is 1. The Morgan fingerprint density at radius 2 is 2.00 bits per heavy atom. The Hall–Kier alpha value is -1.12. The van der Waals surface area contributed by atoms with Crippen LogP contribution in [-0.4, -0.2) is 15.8 Å². The zero-order chi connectivity index (χ0) is 16.6. The first-order chi connectivity index (χ1) is 11.0. The van der Waals surface area contributed by atoms with Crippen LogP contribution in [0.1, 0.15) is 20.9 Å². The summed E-state index contributed by atoms with van der Waals surface area (Å²) in [6, 6.07) is 9.25. The van der Waals surface area contributed by atoms with Gasteiger partial charge in [0.15, 0.2) is 5.78 Å². The summed E-state index contributed by atoms with van der Waals surface area (Å²) in [5.41, 5.74) is 1.83. The Morgan fingerprint density at radius 1 is 1.22 bits per heavy atom. The summed E-state index contributed by atoms with van der Waals surface area (Å²) < 4.78 is 14.8. The van der Waals surface area contributed by atoms with Crippen molar-refractivity contribution in [1.29, 1.82) is 0 Å². The Balaban J connectivity index is 2.00. The fourth-order valence-corrected chi connectivity index (χ4v) is 3.20. The zero-order valence-electron chi connectivity index (χ0n) is 11.4. The number of pyridine rings is 2. The van der Waals surface area contributed by atoms with Crippen molar-refractivity contribution in [1.82, 2.24) is 9.97 Å². The van der Waals surface area contributed by atoms with E-state index in [-0.39, 0.29) is 5.56 Å². The number of ketones is 1. The first kappa shape index (κ1) is 16.7.